The second-order valence-corrected chi connectivity index (χ2v) is 6.93. The number of carbonyl (C=O) groups is 4. The molecule has 0 spiro atoms. The van der Waals surface area contributed by atoms with Gasteiger partial charge in [-0.05, 0) is 42.7 Å². The average Bonchev–Trinajstić information content (AvgIpc) is 2.57. The molecule has 3 aliphatic rings. The standard InChI is InChI=1S/C18H18O8/c19-15(20)8-2-1-7-3-10-6-12(16(21)22)14(18(25)26)13(17(23)24)11(10)5-9(7)4-8/h3,5,7-8,12,14H,1-2,4,6H2,(H,19,20)(H,21,22)(H,23,24)(H,25,26). The zero-order chi connectivity index (χ0) is 19.2. The molecule has 0 aromatic rings. The van der Waals surface area contributed by atoms with Crippen LogP contribution in [0.3, 0.4) is 0 Å². The second-order valence-electron chi connectivity index (χ2n) is 6.93. The number of allylic oxidation sites excluding steroid dienone is 5. The molecule has 26 heavy (non-hydrogen) atoms. The molecule has 0 aliphatic heterocycles. The van der Waals surface area contributed by atoms with Crippen LogP contribution < -0.4 is 0 Å². The van der Waals surface area contributed by atoms with Crippen molar-refractivity contribution >= 4 is 23.9 Å². The molecule has 4 N–H and O–H groups in total. The molecule has 1 saturated carbocycles. The van der Waals surface area contributed by atoms with Crippen LogP contribution in [0.1, 0.15) is 25.7 Å². The minimum atomic E-state index is -1.65. The highest BCUT2D eigenvalue weighted by Crippen LogP contribution is 2.46. The van der Waals surface area contributed by atoms with Crippen LogP contribution in [0.4, 0.5) is 0 Å². The Bertz CT molecular complexity index is 800. The lowest BCUT2D eigenvalue weighted by Crippen LogP contribution is -2.38. The lowest BCUT2D eigenvalue weighted by molar-refractivity contribution is -0.153. The molecule has 3 rings (SSSR count). The lowest BCUT2D eigenvalue weighted by atomic mass is 9.66. The summed E-state index contributed by atoms with van der Waals surface area (Å²) in [4.78, 5) is 46.1. The average molecular weight is 362 g/mol. The molecule has 0 amide bonds. The maximum absolute atomic E-state index is 11.8. The Hall–Kier alpha value is -2.90. The Morgan fingerprint density at radius 2 is 1.58 bits per heavy atom. The highest BCUT2D eigenvalue weighted by atomic mass is 16.4. The predicted molar refractivity (Wildman–Crippen MR) is 86.2 cm³/mol. The summed E-state index contributed by atoms with van der Waals surface area (Å²) in [6.45, 7) is 0. The first-order chi connectivity index (χ1) is 12.2. The summed E-state index contributed by atoms with van der Waals surface area (Å²) < 4.78 is 0. The van der Waals surface area contributed by atoms with Gasteiger partial charge in [0.2, 0.25) is 0 Å². The summed E-state index contributed by atoms with van der Waals surface area (Å²) in [6.07, 6.45) is 4.67. The zero-order valence-electron chi connectivity index (χ0n) is 13.7. The topological polar surface area (TPSA) is 149 Å². The number of aliphatic carboxylic acids is 4. The molecule has 0 radical (unpaired) electrons. The van der Waals surface area contributed by atoms with Gasteiger partial charge >= 0.3 is 23.9 Å². The molecule has 0 heterocycles. The number of rotatable bonds is 4. The summed E-state index contributed by atoms with van der Waals surface area (Å²) in [5.74, 6) is -8.82. The van der Waals surface area contributed by atoms with Gasteiger partial charge in [-0.25, -0.2) is 4.79 Å². The third-order valence-corrected chi connectivity index (χ3v) is 5.47. The van der Waals surface area contributed by atoms with Crippen molar-refractivity contribution in [1.82, 2.24) is 0 Å². The molecule has 0 aromatic heterocycles. The molecule has 0 aromatic carbocycles. The Kier molecular flexibility index (Phi) is 4.43. The van der Waals surface area contributed by atoms with E-state index in [-0.39, 0.29) is 24.3 Å². The molecule has 3 aliphatic carbocycles. The number of fused-ring (bicyclic) bond motifs is 2. The van der Waals surface area contributed by atoms with E-state index < -0.39 is 47.2 Å². The minimum absolute atomic E-state index is 0.0545. The van der Waals surface area contributed by atoms with Gasteiger partial charge in [0.05, 0.1) is 17.4 Å². The van der Waals surface area contributed by atoms with E-state index in [1.807, 2.05) is 0 Å². The highest BCUT2D eigenvalue weighted by Gasteiger charge is 2.46. The molecular formula is C18H18O8. The van der Waals surface area contributed by atoms with Gasteiger partial charge in [-0.1, -0.05) is 17.7 Å². The van der Waals surface area contributed by atoms with Crippen LogP contribution in [0.2, 0.25) is 0 Å². The summed E-state index contributed by atoms with van der Waals surface area (Å²) >= 11 is 0. The van der Waals surface area contributed by atoms with Crippen molar-refractivity contribution in [3.8, 4) is 0 Å². The Morgan fingerprint density at radius 1 is 0.885 bits per heavy atom. The van der Waals surface area contributed by atoms with Gasteiger partial charge in [-0.2, -0.15) is 0 Å². The highest BCUT2D eigenvalue weighted by molar-refractivity contribution is 5.99. The van der Waals surface area contributed by atoms with Gasteiger partial charge < -0.3 is 20.4 Å². The monoisotopic (exact) mass is 362 g/mol. The Balaban J connectivity index is 2.12. The van der Waals surface area contributed by atoms with E-state index >= 15 is 0 Å². The third kappa shape index (κ3) is 2.91. The smallest absolute Gasteiger partial charge is 0.333 e. The molecule has 4 unspecified atom stereocenters. The lowest BCUT2D eigenvalue weighted by Gasteiger charge is -2.36. The summed E-state index contributed by atoms with van der Waals surface area (Å²) in [5, 5.41) is 37.6. The van der Waals surface area contributed by atoms with Gasteiger partial charge in [0, 0.05) is 0 Å². The first-order valence-corrected chi connectivity index (χ1v) is 8.28. The molecule has 0 saturated heterocycles. The van der Waals surface area contributed by atoms with Gasteiger partial charge in [0.25, 0.3) is 0 Å². The van der Waals surface area contributed by atoms with Gasteiger partial charge in [0.1, 0.15) is 5.92 Å². The van der Waals surface area contributed by atoms with Crippen molar-refractivity contribution in [1.29, 1.82) is 0 Å². The van der Waals surface area contributed by atoms with E-state index in [1.54, 1.807) is 12.2 Å². The van der Waals surface area contributed by atoms with Crippen LogP contribution in [-0.2, 0) is 19.2 Å². The first kappa shape index (κ1) is 17.9. The van der Waals surface area contributed by atoms with Crippen LogP contribution in [0.5, 0.6) is 0 Å². The fourth-order valence-corrected chi connectivity index (χ4v) is 4.21. The first-order valence-electron chi connectivity index (χ1n) is 8.28. The fraction of sp³-hybridized carbons (Fsp3) is 0.444. The molecule has 4 atom stereocenters. The Labute approximate surface area is 148 Å². The minimum Gasteiger partial charge on any atom is -0.481 e. The van der Waals surface area contributed by atoms with E-state index in [2.05, 4.69) is 0 Å². The van der Waals surface area contributed by atoms with Crippen LogP contribution in [-0.4, -0.2) is 44.3 Å². The second kappa shape index (κ2) is 6.44. The van der Waals surface area contributed by atoms with Crippen molar-refractivity contribution < 1.29 is 39.6 Å². The quantitative estimate of drug-likeness (QED) is 0.588. The van der Waals surface area contributed by atoms with E-state index in [4.69, 9.17) is 0 Å². The van der Waals surface area contributed by atoms with Crippen molar-refractivity contribution in [2.45, 2.75) is 25.7 Å². The summed E-state index contributed by atoms with van der Waals surface area (Å²) in [7, 11) is 0. The van der Waals surface area contributed by atoms with Crippen LogP contribution in [0, 0.1) is 23.7 Å². The van der Waals surface area contributed by atoms with E-state index in [0.29, 0.717) is 18.4 Å². The van der Waals surface area contributed by atoms with Crippen molar-refractivity contribution in [2.75, 3.05) is 0 Å². The van der Waals surface area contributed by atoms with Crippen LogP contribution >= 0.6 is 0 Å². The number of carboxylic acid groups (broad SMARTS) is 4. The normalized spacial score (nSPS) is 30.5. The Morgan fingerprint density at radius 3 is 2.12 bits per heavy atom. The van der Waals surface area contributed by atoms with Gasteiger partial charge in [-0.15, -0.1) is 0 Å². The SMILES string of the molecule is O=C(O)C1=C2C=C3CC(C(=O)O)CCC3C=C2CC(C(=O)O)C1C(=O)O. The van der Waals surface area contributed by atoms with Crippen LogP contribution in [0.15, 0.2) is 34.4 Å². The molecule has 8 nitrogen and oxygen atoms in total. The summed E-state index contributed by atoms with van der Waals surface area (Å²) in [6, 6.07) is 0. The van der Waals surface area contributed by atoms with E-state index in [1.165, 1.54) is 0 Å². The van der Waals surface area contributed by atoms with E-state index in [0.717, 1.165) is 5.57 Å². The maximum atomic E-state index is 11.8. The molecule has 138 valence electrons. The fourth-order valence-electron chi connectivity index (χ4n) is 4.21. The van der Waals surface area contributed by atoms with Crippen molar-refractivity contribution in [3.05, 3.63) is 34.4 Å². The molecule has 0 bridgehead atoms. The van der Waals surface area contributed by atoms with Gasteiger partial charge in [0.15, 0.2) is 0 Å². The largest absolute Gasteiger partial charge is 0.481 e. The maximum Gasteiger partial charge on any atom is 0.333 e. The van der Waals surface area contributed by atoms with Gasteiger partial charge in [-0.3, -0.25) is 14.4 Å². The third-order valence-electron chi connectivity index (χ3n) is 5.47. The number of carboxylic acids is 4. The molecular weight excluding hydrogens is 344 g/mol. The zero-order valence-corrected chi connectivity index (χ0v) is 13.7. The van der Waals surface area contributed by atoms with Crippen LogP contribution in [0.25, 0.3) is 0 Å². The molecule has 1 fully saturated rings. The number of hydrogen-bond donors (Lipinski definition) is 4. The van der Waals surface area contributed by atoms with Crippen molar-refractivity contribution in [2.24, 2.45) is 23.7 Å². The van der Waals surface area contributed by atoms with Crippen molar-refractivity contribution in [3.63, 3.8) is 0 Å². The summed E-state index contributed by atoms with van der Waals surface area (Å²) in [5.41, 5.74) is 1.07. The van der Waals surface area contributed by atoms with E-state index in [9.17, 15) is 39.6 Å². The predicted octanol–water partition coefficient (Wildman–Crippen LogP) is 1.54. The number of hydrogen-bond acceptors (Lipinski definition) is 4. The molecule has 8 heteroatoms.